The summed E-state index contributed by atoms with van der Waals surface area (Å²) in [6.45, 7) is 16.3. The number of carbonyl (C=O) groups excluding carboxylic acids is 3. The highest BCUT2D eigenvalue weighted by Crippen LogP contribution is 2.40. The second kappa shape index (κ2) is 10.8. The Kier molecular flexibility index (Phi) is 8.34. The first-order valence-corrected chi connectivity index (χ1v) is 13.2. The largest absolute Gasteiger partial charge is 0.353 e. The molecule has 3 N–H and O–H groups in total. The first-order valence-electron chi connectivity index (χ1n) is 13.2. The van der Waals surface area contributed by atoms with Crippen LogP contribution in [0.25, 0.3) is 0 Å². The minimum Gasteiger partial charge on any atom is -0.353 e. The summed E-state index contributed by atoms with van der Waals surface area (Å²) < 4.78 is 34.9. The Morgan fingerprint density at radius 3 is 1.69 bits per heavy atom. The Morgan fingerprint density at radius 1 is 0.769 bits per heavy atom. The summed E-state index contributed by atoms with van der Waals surface area (Å²) in [7, 11) is 0. The maximum Gasteiger partial charge on any atom is 0.275 e. The van der Waals surface area contributed by atoms with Crippen molar-refractivity contribution in [1.29, 1.82) is 0 Å². The van der Waals surface area contributed by atoms with E-state index in [-0.39, 0.29) is 5.92 Å². The lowest BCUT2D eigenvalue weighted by Gasteiger charge is -2.28. The van der Waals surface area contributed by atoms with Crippen LogP contribution in [0.5, 0.6) is 0 Å². The molecule has 0 bridgehead atoms. The molecule has 0 aromatic rings. The third-order valence-corrected chi connectivity index (χ3v) is 6.45. The second-order valence-corrected chi connectivity index (χ2v) is 12.5. The first-order chi connectivity index (χ1) is 18.0. The van der Waals surface area contributed by atoms with E-state index in [1.54, 1.807) is 48.5 Å². The SMILES string of the molecule is CC(C)CNC(=O)[C@H]1O[C@@H]2OC(C)(C)O[C@@H]2[C@@H]1ONC(=O)[C@H]1O[C@@H]2OC(C)(C)O[C@@H]2[C@@H]1ONC(=O)C(C)(C)C. The summed E-state index contributed by atoms with van der Waals surface area (Å²) in [5, 5.41) is 2.80. The van der Waals surface area contributed by atoms with Gasteiger partial charge in [-0.3, -0.25) is 24.1 Å². The molecule has 4 heterocycles. The Balaban J connectivity index is 1.45. The standard InChI is InChI=1S/C25H41N3O11/c1-11(2)10-26-18(29)14-12(16-20(32-14)36-24(6,7)34-16)38-27-19(30)15-13(39-28-22(31)23(3,4)5)17-21(33-15)37-25(8,9)35-17/h11-17,20-21H,10H2,1-9H3,(H,26,29)(H,27,30)(H,28,31)/t12-,13-,14+,15+,16-,17-,20-,21-/m1/s1. The molecule has 8 atom stereocenters. The number of hydrogen-bond donors (Lipinski definition) is 3. The van der Waals surface area contributed by atoms with Crippen LogP contribution >= 0.6 is 0 Å². The third kappa shape index (κ3) is 6.70. The van der Waals surface area contributed by atoms with Gasteiger partial charge >= 0.3 is 0 Å². The number of hydrogen-bond acceptors (Lipinski definition) is 11. The fourth-order valence-corrected chi connectivity index (χ4v) is 4.50. The summed E-state index contributed by atoms with van der Waals surface area (Å²) in [5.41, 5.74) is 3.99. The van der Waals surface area contributed by atoms with Crippen molar-refractivity contribution in [3.05, 3.63) is 0 Å². The Hall–Kier alpha value is -1.91. The highest BCUT2D eigenvalue weighted by molar-refractivity contribution is 5.83. The van der Waals surface area contributed by atoms with Gasteiger partial charge in [0.15, 0.2) is 48.6 Å². The molecule has 4 aliphatic rings. The predicted octanol–water partition coefficient (Wildman–Crippen LogP) is 0.390. The number of hydroxylamine groups is 2. The summed E-state index contributed by atoms with van der Waals surface area (Å²) in [4.78, 5) is 49.9. The number of carbonyl (C=O) groups is 3. The maximum atomic E-state index is 13.3. The van der Waals surface area contributed by atoms with E-state index in [1.807, 2.05) is 13.8 Å². The van der Waals surface area contributed by atoms with Gasteiger partial charge in [0, 0.05) is 12.0 Å². The van der Waals surface area contributed by atoms with Crippen LogP contribution in [0.3, 0.4) is 0 Å². The summed E-state index contributed by atoms with van der Waals surface area (Å²) in [5.74, 6) is -3.31. The van der Waals surface area contributed by atoms with Crippen LogP contribution in [0.4, 0.5) is 0 Å². The van der Waals surface area contributed by atoms with Crippen molar-refractivity contribution in [2.24, 2.45) is 11.3 Å². The average Bonchev–Trinajstić information content (AvgIpc) is 3.48. The fourth-order valence-electron chi connectivity index (χ4n) is 4.50. The molecule has 14 nitrogen and oxygen atoms in total. The molecule has 0 saturated carbocycles. The van der Waals surface area contributed by atoms with Crippen LogP contribution in [0.15, 0.2) is 0 Å². The number of ether oxygens (including phenoxy) is 6. The number of amides is 3. The Morgan fingerprint density at radius 2 is 1.23 bits per heavy atom. The van der Waals surface area contributed by atoms with Gasteiger partial charge in [0.25, 0.3) is 11.8 Å². The van der Waals surface area contributed by atoms with E-state index in [4.69, 9.17) is 38.1 Å². The van der Waals surface area contributed by atoms with Gasteiger partial charge in [-0.2, -0.15) is 0 Å². The molecule has 4 fully saturated rings. The molecular formula is C25H41N3O11. The molecule has 39 heavy (non-hydrogen) atoms. The van der Waals surface area contributed by atoms with Crippen LogP contribution < -0.4 is 16.3 Å². The van der Waals surface area contributed by atoms with Gasteiger partial charge in [0.05, 0.1) is 0 Å². The zero-order valence-corrected chi connectivity index (χ0v) is 23.9. The van der Waals surface area contributed by atoms with E-state index in [9.17, 15) is 14.4 Å². The molecular weight excluding hydrogens is 518 g/mol. The molecule has 0 aromatic heterocycles. The van der Waals surface area contributed by atoms with Gasteiger partial charge < -0.3 is 33.7 Å². The molecule has 4 saturated heterocycles. The van der Waals surface area contributed by atoms with Crippen LogP contribution in [-0.2, 0) is 52.5 Å². The zero-order valence-electron chi connectivity index (χ0n) is 23.9. The Labute approximate surface area is 227 Å². The van der Waals surface area contributed by atoms with Gasteiger partial charge in [-0.15, -0.1) is 0 Å². The quantitative estimate of drug-likeness (QED) is 0.353. The van der Waals surface area contributed by atoms with Crippen LogP contribution in [0, 0.1) is 11.3 Å². The van der Waals surface area contributed by atoms with Crippen LogP contribution in [0.1, 0.15) is 62.3 Å². The number of rotatable bonds is 8. The smallest absolute Gasteiger partial charge is 0.275 e. The molecule has 0 aromatic carbocycles. The molecule has 0 aliphatic carbocycles. The average molecular weight is 560 g/mol. The molecule has 14 heteroatoms. The normalized spacial score (nSPS) is 36.5. The number of nitrogens with one attached hydrogen (secondary N) is 3. The topological polar surface area (TPSA) is 161 Å². The molecule has 4 rings (SSSR count). The highest BCUT2D eigenvalue weighted by atomic mass is 16.9. The van der Waals surface area contributed by atoms with E-state index in [1.165, 1.54) is 0 Å². The molecule has 222 valence electrons. The third-order valence-electron chi connectivity index (χ3n) is 6.45. The lowest BCUT2D eigenvalue weighted by molar-refractivity contribution is -0.231. The van der Waals surface area contributed by atoms with E-state index in [0.717, 1.165) is 0 Å². The summed E-state index contributed by atoms with van der Waals surface area (Å²) in [6, 6.07) is 0. The van der Waals surface area contributed by atoms with E-state index in [2.05, 4.69) is 16.3 Å². The van der Waals surface area contributed by atoms with Gasteiger partial charge in [0.1, 0.15) is 12.2 Å². The lowest BCUT2D eigenvalue weighted by Crippen LogP contribution is -2.52. The molecule has 0 unspecified atom stereocenters. The Bertz CT molecular complexity index is 950. The van der Waals surface area contributed by atoms with Gasteiger partial charge in [-0.1, -0.05) is 34.6 Å². The minimum absolute atomic E-state index is 0.212. The van der Waals surface area contributed by atoms with Crippen molar-refractivity contribution in [2.75, 3.05) is 6.54 Å². The number of fused-ring (bicyclic) bond motifs is 2. The molecule has 0 spiro atoms. The highest BCUT2D eigenvalue weighted by Gasteiger charge is 2.60. The van der Waals surface area contributed by atoms with Crippen molar-refractivity contribution in [2.45, 2.75) is 123 Å². The first kappa shape index (κ1) is 30.1. The van der Waals surface area contributed by atoms with Crippen LogP contribution in [0.2, 0.25) is 0 Å². The zero-order chi connectivity index (χ0) is 28.9. The van der Waals surface area contributed by atoms with Crippen LogP contribution in [-0.4, -0.2) is 85.0 Å². The molecule has 4 aliphatic heterocycles. The van der Waals surface area contributed by atoms with Crippen molar-refractivity contribution in [1.82, 2.24) is 16.3 Å². The monoisotopic (exact) mass is 559 g/mol. The lowest BCUT2D eigenvalue weighted by atomic mass is 9.96. The summed E-state index contributed by atoms with van der Waals surface area (Å²) in [6.07, 6.45) is -7.86. The van der Waals surface area contributed by atoms with E-state index in [0.29, 0.717) is 6.54 Å². The summed E-state index contributed by atoms with van der Waals surface area (Å²) >= 11 is 0. The van der Waals surface area contributed by atoms with Crippen molar-refractivity contribution in [3.8, 4) is 0 Å². The molecule has 3 amide bonds. The van der Waals surface area contributed by atoms with Crippen molar-refractivity contribution < 1.29 is 52.5 Å². The molecule has 0 radical (unpaired) electrons. The fraction of sp³-hybridized carbons (Fsp3) is 0.880. The van der Waals surface area contributed by atoms with Crippen molar-refractivity contribution >= 4 is 17.7 Å². The minimum atomic E-state index is -1.28. The van der Waals surface area contributed by atoms with Crippen molar-refractivity contribution in [3.63, 3.8) is 0 Å². The van der Waals surface area contributed by atoms with E-state index >= 15 is 0 Å². The second-order valence-electron chi connectivity index (χ2n) is 12.5. The van der Waals surface area contributed by atoms with E-state index < -0.39 is 83.9 Å². The van der Waals surface area contributed by atoms with Gasteiger partial charge in [-0.25, -0.2) is 11.0 Å². The van der Waals surface area contributed by atoms with Gasteiger partial charge in [-0.05, 0) is 33.6 Å². The maximum absolute atomic E-state index is 13.3. The predicted molar refractivity (Wildman–Crippen MR) is 131 cm³/mol. The van der Waals surface area contributed by atoms with Gasteiger partial charge in [0.2, 0.25) is 5.91 Å².